The average molecular weight is 303 g/mol. The maximum Gasteiger partial charge on any atom is 0.328 e. The van der Waals surface area contributed by atoms with Crippen LogP contribution in [-0.4, -0.2) is 25.0 Å². The van der Waals surface area contributed by atoms with E-state index < -0.39 is 23.8 Å². The van der Waals surface area contributed by atoms with Gasteiger partial charge in [-0.2, -0.15) is 0 Å². The molecule has 2 atom stereocenters. The minimum Gasteiger partial charge on any atom is -0.467 e. The molecule has 0 saturated carbocycles. The molecule has 0 spiro atoms. The number of anilines is 1. The topological polar surface area (TPSA) is 81.4 Å². The maximum atomic E-state index is 11.6. The van der Waals surface area contributed by atoms with Crippen molar-refractivity contribution in [3.63, 3.8) is 0 Å². The van der Waals surface area contributed by atoms with Crippen molar-refractivity contribution < 1.29 is 14.3 Å². The molecule has 1 aliphatic rings. The van der Waals surface area contributed by atoms with Gasteiger partial charge in [0, 0.05) is 21.3 Å². The van der Waals surface area contributed by atoms with Gasteiger partial charge in [0.1, 0.15) is 6.04 Å². The Morgan fingerprint density at radius 2 is 2.11 bits per heavy atom. The van der Waals surface area contributed by atoms with Crippen molar-refractivity contribution >= 4 is 40.8 Å². The zero-order valence-electron chi connectivity index (χ0n) is 10.1. The quantitative estimate of drug-likeness (QED) is 0.818. The molecule has 0 unspecified atom stereocenters. The largest absolute Gasteiger partial charge is 0.467 e. The Hall–Kier alpha value is -1.46. The van der Waals surface area contributed by atoms with Gasteiger partial charge in [-0.05, 0) is 18.6 Å². The third kappa shape index (κ3) is 2.62. The minimum absolute atomic E-state index is 0.205. The lowest BCUT2D eigenvalue weighted by molar-refractivity contribution is -0.141. The van der Waals surface area contributed by atoms with Crippen LogP contribution in [0.2, 0.25) is 10.0 Å². The summed E-state index contributed by atoms with van der Waals surface area (Å²) in [5, 5.41) is 3.72. The van der Waals surface area contributed by atoms with Gasteiger partial charge in [-0.25, -0.2) is 4.79 Å². The van der Waals surface area contributed by atoms with Crippen LogP contribution < -0.4 is 11.1 Å². The highest BCUT2D eigenvalue weighted by Crippen LogP contribution is 2.40. The van der Waals surface area contributed by atoms with Gasteiger partial charge in [0.05, 0.1) is 13.0 Å². The van der Waals surface area contributed by atoms with Gasteiger partial charge < -0.3 is 15.8 Å². The van der Waals surface area contributed by atoms with Crippen LogP contribution in [0.3, 0.4) is 0 Å². The van der Waals surface area contributed by atoms with Crippen LogP contribution in [0.4, 0.5) is 5.69 Å². The third-order valence-electron chi connectivity index (χ3n) is 3.07. The number of fused-ring (bicyclic) bond motifs is 1. The number of carbonyl (C=O) groups is 2. The zero-order chi connectivity index (χ0) is 14.2. The van der Waals surface area contributed by atoms with Crippen molar-refractivity contribution in [2.45, 2.75) is 18.4 Å². The van der Waals surface area contributed by atoms with Gasteiger partial charge in [0.2, 0.25) is 5.91 Å². The molecule has 0 radical (unpaired) electrons. The van der Waals surface area contributed by atoms with E-state index in [1.807, 2.05) is 0 Å². The minimum atomic E-state index is -0.649. The average Bonchev–Trinajstić information content (AvgIpc) is 2.35. The van der Waals surface area contributed by atoms with E-state index in [2.05, 4.69) is 10.1 Å². The molecule has 0 aliphatic carbocycles. The number of hydrogen-bond acceptors (Lipinski definition) is 4. The molecule has 1 heterocycles. The Labute approximate surface area is 120 Å². The smallest absolute Gasteiger partial charge is 0.328 e. The van der Waals surface area contributed by atoms with E-state index in [4.69, 9.17) is 28.9 Å². The molecule has 1 aromatic carbocycles. The van der Waals surface area contributed by atoms with Crippen LogP contribution in [0, 0.1) is 0 Å². The van der Waals surface area contributed by atoms with Gasteiger partial charge in [-0.3, -0.25) is 4.79 Å². The van der Waals surface area contributed by atoms with Crippen LogP contribution in [0.5, 0.6) is 0 Å². The first-order valence-corrected chi connectivity index (χ1v) is 6.32. The summed E-state index contributed by atoms with van der Waals surface area (Å²) in [6.45, 7) is 0. The number of rotatable bonds is 2. The molecule has 102 valence electrons. The Kier molecular flexibility index (Phi) is 3.87. The van der Waals surface area contributed by atoms with E-state index in [1.165, 1.54) is 13.2 Å². The maximum absolute atomic E-state index is 11.6. The van der Waals surface area contributed by atoms with Crippen molar-refractivity contribution in [1.82, 2.24) is 0 Å². The fraction of sp³-hybridized carbons (Fsp3) is 0.333. The molecule has 0 fully saturated rings. The standard InChI is InChI=1S/C12H12Cl2N2O3/c1-19-12(18)9-4-6(11(15)17)10-7(14)2-5(13)3-8(10)16-9/h2-3,6,9,16H,4H2,1H3,(H2,15,17)/t6-,9+/m1/s1. The fourth-order valence-electron chi connectivity index (χ4n) is 2.21. The van der Waals surface area contributed by atoms with Gasteiger partial charge in [-0.1, -0.05) is 23.2 Å². The van der Waals surface area contributed by atoms with Crippen molar-refractivity contribution in [3.05, 3.63) is 27.7 Å². The van der Waals surface area contributed by atoms with Crippen LogP contribution in [0.25, 0.3) is 0 Å². The summed E-state index contributed by atoms with van der Waals surface area (Å²) in [6, 6.07) is 2.50. The number of ether oxygens (including phenoxy) is 1. The van der Waals surface area contributed by atoms with E-state index in [0.717, 1.165) is 0 Å². The molecule has 19 heavy (non-hydrogen) atoms. The number of halogens is 2. The molecule has 1 aliphatic heterocycles. The molecule has 0 bridgehead atoms. The number of nitrogens with two attached hydrogens (primary N) is 1. The second-order valence-corrected chi connectivity index (χ2v) is 5.10. The number of nitrogens with one attached hydrogen (secondary N) is 1. The number of esters is 1. The second kappa shape index (κ2) is 5.27. The second-order valence-electron chi connectivity index (χ2n) is 4.26. The molecular formula is C12H12Cl2N2O3. The van der Waals surface area contributed by atoms with Gasteiger partial charge in [0.15, 0.2) is 0 Å². The van der Waals surface area contributed by atoms with E-state index in [1.54, 1.807) is 6.07 Å². The highest BCUT2D eigenvalue weighted by atomic mass is 35.5. The number of hydrogen-bond donors (Lipinski definition) is 2. The Morgan fingerprint density at radius 3 is 2.68 bits per heavy atom. The highest BCUT2D eigenvalue weighted by molar-refractivity contribution is 6.36. The lowest BCUT2D eigenvalue weighted by Gasteiger charge is -2.31. The van der Waals surface area contributed by atoms with Crippen LogP contribution in [0.15, 0.2) is 12.1 Å². The molecular weight excluding hydrogens is 291 g/mol. The Bertz CT molecular complexity index is 548. The summed E-state index contributed by atoms with van der Waals surface area (Å²) in [7, 11) is 1.28. The monoisotopic (exact) mass is 302 g/mol. The van der Waals surface area contributed by atoms with E-state index in [-0.39, 0.29) is 6.42 Å². The fourth-order valence-corrected chi connectivity index (χ4v) is 2.84. The van der Waals surface area contributed by atoms with Crippen LogP contribution in [0.1, 0.15) is 17.9 Å². The highest BCUT2D eigenvalue weighted by Gasteiger charge is 2.35. The summed E-state index contributed by atoms with van der Waals surface area (Å²) in [4.78, 5) is 23.2. The van der Waals surface area contributed by atoms with Crippen molar-refractivity contribution in [2.75, 3.05) is 12.4 Å². The lowest BCUT2D eigenvalue weighted by atomic mass is 9.86. The first-order valence-electron chi connectivity index (χ1n) is 5.56. The molecule has 2 rings (SSSR count). The molecule has 5 nitrogen and oxygen atoms in total. The summed E-state index contributed by atoms with van der Waals surface area (Å²) < 4.78 is 4.67. The van der Waals surface area contributed by atoms with Crippen molar-refractivity contribution in [1.29, 1.82) is 0 Å². The number of amides is 1. The van der Waals surface area contributed by atoms with Crippen LogP contribution in [-0.2, 0) is 14.3 Å². The first-order chi connectivity index (χ1) is 8.93. The zero-order valence-corrected chi connectivity index (χ0v) is 11.6. The summed E-state index contributed by atoms with van der Waals surface area (Å²) in [5.41, 5.74) is 6.48. The Morgan fingerprint density at radius 1 is 1.42 bits per heavy atom. The molecule has 3 N–H and O–H groups in total. The van der Waals surface area contributed by atoms with E-state index >= 15 is 0 Å². The van der Waals surface area contributed by atoms with Crippen molar-refractivity contribution in [2.24, 2.45) is 5.73 Å². The number of benzene rings is 1. The van der Waals surface area contributed by atoms with Gasteiger partial charge in [-0.15, -0.1) is 0 Å². The predicted octanol–water partition coefficient (Wildman–Crippen LogP) is 1.92. The molecule has 7 heteroatoms. The summed E-state index contributed by atoms with van der Waals surface area (Å²) in [6.07, 6.45) is 0.205. The molecule has 1 aromatic rings. The number of carbonyl (C=O) groups excluding carboxylic acids is 2. The molecule has 0 aromatic heterocycles. The van der Waals surface area contributed by atoms with E-state index in [9.17, 15) is 9.59 Å². The van der Waals surface area contributed by atoms with Gasteiger partial charge in [0.25, 0.3) is 0 Å². The molecule has 1 amide bonds. The number of methoxy groups -OCH3 is 1. The van der Waals surface area contributed by atoms with Crippen LogP contribution >= 0.6 is 23.2 Å². The number of primary amides is 1. The Balaban J connectivity index is 2.49. The summed E-state index contributed by atoms with van der Waals surface area (Å²) in [5.74, 6) is -1.65. The normalized spacial score (nSPS) is 21.2. The lowest BCUT2D eigenvalue weighted by Crippen LogP contribution is -2.39. The van der Waals surface area contributed by atoms with Crippen molar-refractivity contribution in [3.8, 4) is 0 Å². The molecule has 0 saturated heterocycles. The van der Waals surface area contributed by atoms with E-state index in [0.29, 0.717) is 21.3 Å². The predicted molar refractivity (Wildman–Crippen MR) is 72.4 cm³/mol. The first kappa shape index (κ1) is 14.0. The summed E-state index contributed by atoms with van der Waals surface area (Å²) >= 11 is 12.0. The van der Waals surface area contributed by atoms with Gasteiger partial charge >= 0.3 is 5.97 Å². The SMILES string of the molecule is COC(=O)[C@@H]1C[C@@H](C(N)=O)c2c(Cl)cc(Cl)cc2N1. The third-order valence-corrected chi connectivity index (χ3v) is 3.60.